The van der Waals surface area contributed by atoms with Gasteiger partial charge in [0, 0.05) is 39.4 Å². The standard InChI is InChI=1S/C13H18N4O3S2/c1-15(8-11-7-14-16(2)9-11)12(18)10-17(3)22(19,20)13-5-4-6-21-13/h4-7,9H,8,10H2,1-3H3. The highest BCUT2D eigenvalue weighted by molar-refractivity contribution is 7.91. The molecule has 0 aliphatic carbocycles. The predicted octanol–water partition coefficient (Wildman–Crippen LogP) is 0.761. The highest BCUT2D eigenvalue weighted by Crippen LogP contribution is 2.19. The molecule has 0 aliphatic rings. The molecular formula is C13H18N4O3S2. The van der Waals surface area contributed by atoms with Gasteiger partial charge in [-0.2, -0.15) is 9.40 Å². The Hall–Kier alpha value is -1.71. The summed E-state index contributed by atoms with van der Waals surface area (Å²) in [5.74, 6) is -0.272. The number of carbonyl (C=O) groups is 1. The van der Waals surface area contributed by atoms with Crippen LogP contribution in [0.4, 0.5) is 0 Å². The first-order chi connectivity index (χ1) is 10.3. The van der Waals surface area contributed by atoms with Crippen molar-refractivity contribution >= 4 is 27.3 Å². The second kappa shape index (κ2) is 6.59. The molecular weight excluding hydrogens is 324 g/mol. The fourth-order valence-electron chi connectivity index (χ4n) is 1.88. The Morgan fingerprint density at radius 1 is 1.41 bits per heavy atom. The Labute approximate surface area is 133 Å². The summed E-state index contributed by atoms with van der Waals surface area (Å²) in [5, 5.41) is 5.73. The highest BCUT2D eigenvalue weighted by Gasteiger charge is 2.25. The van der Waals surface area contributed by atoms with Crippen LogP contribution in [-0.4, -0.2) is 54.0 Å². The Kier molecular flexibility index (Phi) is 4.99. The second-order valence-electron chi connectivity index (χ2n) is 4.97. The molecule has 0 atom stereocenters. The second-order valence-corrected chi connectivity index (χ2v) is 8.18. The first-order valence-corrected chi connectivity index (χ1v) is 8.84. The topological polar surface area (TPSA) is 75.5 Å². The van der Waals surface area contributed by atoms with E-state index in [-0.39, 0.29) is 16.7 Å². The molecule has 0 aliphatic heterocycles. The normalized spacial score (nSPS) is 11.8. The summed E-state index contributed by atoms with van der Waals surface area (Å²) in [5.41, 5.74) is 0.891. The van der Waals surface area contributed by atoms with Crippen LogP contribution in [0.3, 0.4) is 0 Å². The molecule has 2 heterocycles. The summed E-state index contributed by atoms with van der Waals surface area (Å²) in [6, 6.07) is 3.20. The van der Waals surface area contributed by atoms with E-state index in [0.29, 0.717) is 6.54 Å². The monoisotopic (exact) mass is 342 g/mol. The van der Waals surface area contributed by atoms with Crippen LogP contribution in [0.5, 0.6) is 0 Å². The summed E-state index contributed by atoms with van der Waals surface area (Å²) < 4.78 is 27.5. The van der Waals surface area contributed by atoms with E-state index in [4.69, 9.17) is 0 Å². The van der Waals surface area contributed by atoms with Crippen molar-refractivity contribution in [1.29, 1.82) is 0 Å². The average molecular weight is 342 g/mol. The summed E-state index contributed by atoms with van der Waals surface area (Å²) in [7, 11) is 1.24. The summed E-state index contributed by atoms with van der Waals surface area (Å²) in [4.78, 5) is 13.7. The van der Waals surface area contributed by atoms with Gasteiger partial charge in [-0.05, 0) is 11.4 Å². The van der Waals surface area contributed by atoms with Gasteiger partial charge in [0.25, 0.3) is 10.0 Å². The molecule has 22 heavy (non-hydrogen) atoms. The molecule has 9 heteroatoms. The molecule has 0 bridgehead atoms. The lowest BCUT2D eigenvalue weighted by Crippen LogP contribution is -2.38. The number of aromatic nitrogens is 2. The molecule has 2 aromatic rings. The Bertz CT molecular complexity index is 737. The minimum atomic E-state index is -3.61. The zero-order valence-corrected chi connectivity index (χ0v) is 14.3. The van der Waals surface area contributed by atoms with Crippen LogP contribution < -0.4 is 0 Å². The largest absolute Gasteiger partial charge is 0.340 e. The first kappa shape index (κ1) is 16.7. The van der Waals surface area contributed by atoms with Crippen LogP contribution in [0, 0.1) is 0 Å². The number of nitrogens with zero attached hydrogens (tertiary/aromatic N) is 4. The van der Waals surface area contributed by atoms with Crippen molar-refractivity contribution in [3.63, 3.8) is 0 Å². The van der Waals surface area contributed by atoms with Gasteiger partial charge >= 0.3 is 0 Å². The first-order valence-electron chi connectivity index (χ1n) is 6.52. The van der Waals surface area contributed by atoms with Gasteiger partial charge in [-0.3, -0.25) is 9.48 Å². The minimum absolute atomic E-state index is 0.197. The molecule has 7 nitrogen and oxygen atoms in total. The molecule has 0 radical (unpaired) electrons. The van der Waals surface area contributed by atoms with Crippen LogP contribution in [-0.2, 0) is 28.4 Å². The quantitative estimate of drug-likeness (QED) is 0.777. The molecule has 0 fully saturated rings. The third-order valence-electron chi connectivity index (χ3n) is 3.12. The number of thiophene rings is 1. The fourth-order valence-corrected chi connectivity index (χ4v) is 4.20. The van der Waals surface area contributed by atoms with Crippen LogP contribution in [0.2, 0.25) is 0 Å². The molecule has 0 saturated heterocycles. The number of likely N-dealkylation sites (N-methyl/N-ethyl adjacent to an activating group) is 2. The number of amides is 1. The van der Waals surface area contributed by atoms with Crippen LogP contribution >= 0.6 is 11.3 Å². The molecule has 120 valence electrons. The van der Waals surface area contributed by atoms with Gasteiger partial charge in [0.15, 0.2) is 0 Å². The molecule has 2 rings (SSSR count). The molecule has 0 aromatic carbocycles. The van der Waals surface area contributed by atoms with Gasteiger partial charge in [-0.15, -0.1) is 11.3 Å². The summed E-state index contributed by atoms with van der Waals surface area (Å²) in [6.45, 7) is 0.191. The number of hydrogen-bond donors (Lipinski definition) is 0. The zero-order chi connectivity index (χ0) is 16.3. The van der Waals surface area contributed by atoms with Crippen molar-refractivity contribution in [2.75, 3.05) is 20.6 Å². The van der Waals surface area contributed by atoms with E-state index in [1.165, 1.54) is 18.0 Å². The third kappa shape index (κ3) is 3.73. The Morgan fingerprint density at radius 3 is 2.68 bits per heavy atom. The Morgan fingerprint density at radius 2 is 2.14 bits per heavy atom. The van der Waals surface area contributed by atoms with Crippen LogP contribution in [0.15, 0.2) is 34.1 Å². The SMILES string of the molecule is CN(Cc1cnn(C)c1)C(=O)CN(C)S(=O)(=O)c1cccs1. The highest BCUT2D eigenvalue weighted by atomic mass is 32.2. The van der Waals surface area contributed by atoms with E-state index in [1.54, 1.807) is 36.4 Å². The van der Waals surface area contributed by atoms with E-state index in [9.17, 15) is 13.2 Å². The van der Waals surface area contributed by atoms with Gasteiger partial charge in [0.1, 0.15) is 4.21 Å². The van der Waals surface area contributed by atoms with Crippen molar-refractivity contribution in [1.82, 2.24) is 19.0 Å². The van der Waals surface area contributed by atoms with Gasteiger partial charge in [0.05, 0.1) is 12.7 Å². The number of sulfonamides is 1. The molecule has 0 unspecified atom stereocenters. The lowest BCUT2D eigenvalue weighted by Gasteiger charge is -2.21. The van der Waals surface area contributed by atoms with Gasteiger partial charge in [-0.1, -0.05) is 6.07 Å². The van der Waals surface area contributed by atoms with Crippen LogP contribution in [0.25, 0.3) is 0 Å². The number of aryl methyl sites for hydroxylation is 1. The van der Waals surface area contributed by atoms with Crippen molar-refractivity contribution in [2.45, 2.75) is 10.8 Å². The summed E-state index contributed by atoms with van der Waals surface area (Å²) in [6.07, 6.45) is 3.49. The van der Waals surface area contributed by atoms with E-state index in [1.807, 2.05) is 6.20 Å². The van der Waals surface area contributed by atoms with Crippen molar-refractivity contribution < 1.29 is 13.2 Å². The molecule has 0 spiro atoms. The third-order valence-corrected chi connectivity index (χ3v) is 6.30. The molecule has 2 aromatic heterocycles. The fraction of sp³-hybridized carbons (Fsp3) is 0.385. The van der Waals surface area contributed by atoms with Crippen molar-refractivity contribution in [3.05, 3.63) is 35.5 Å². The maximum absolute atomic E-state index is 12.3. The smallest absolute Gasteiger partial charge is 0.252 e. The maximum Gasteiger partial charge on any atom is 0.252 e. The van der Waals surface area contributed by atoms with Crippen molar-refractivity contribution in [2.24, 2.45) is 7.05 Å². The van der Waals surface area contributed by atoms with E-state index in [0.717, 1.165) is 21.2 Å². The van der Waals surface area contributed by atoms with Gasteiger partial charge < -0.3 is 4.90 Å². The molecule has 0 saturated carbocycles. The molecule has 1 amide bonds. The number of hydrogen-bond acceptors (Lipinski definition) is 5. The van der Waals surface area contributed by atoms with Gasteiger partial charge in [-0.25, -0.2) is 8.42 Å². The lowest BCUT2D eigenvalue weighted by molar-refractivity contribution is -0.130. The van der Waals surface area contributed by atoms with E-state index < -0.39 is 10.0 Å². The Balaban J connectivity index is 1.99. The minimum Gasteiger partial charge on any atom is -0.340 e. The summed E-state index contributed by atoms with van der Waals surface area (Å²) >= 11 is 1.13. The van der Waals surface area contributed by atoms with Crippen molar-refractivity contribution in [3.8, 4) is 0 Å². The number of carbonyl (C=O) groups excluding carboxylic acids is 1. The van der Waals surface area contributed by atoms with E-state index in [2.05, 4.69) is 5.10 Å². The lowest BCUT2D eigenvalue weighted by atomic mass is 10.3. The van der Waals surface area contributed by atoms with Gasteiger partial charge in [0.2, 0.25) is 5.91 Å². The predicted molar refractivity (Wildman–Crippen MR) is 83.8 cm³/mol. The van der Waals surface area contributed by atoms with Crippen LogP contribution in [0.1, 0.15) is 5.56 Å². The zero-order valence-electron chi connectivity index (χ0n) is 12.6. The van der Waals surface area contributed by atoms with E-state index >= 15 is 0 Å². The molecule has 0 N–H and O–H groups in total. The average Bonchev–Trinajstić information content (AvgIpc) is 3.10. The number of rotatable bonds is 6. The maximum atomic E-state index is 12.3.